The van der Waals surface area contributed by atoms with E-state index in [2.05, 4.69) is 59.1 Å². The normalized spacial score (nSPS) is 11.3. The first-order valence-corrected chi connectivity index (χ1v) is 10.6. The van der Waals surface area contributed by atoms with E-state index in [-0.39, 0.29) is 0 Å². The Morgan fingerprint density at radius 3 is 2.90 bits per heavy atom. The van der Waals surface area contributed by atoms with Crippen LogP contribution in [0.15, 0.2) is 54.0 Å². The second kappa shape index (κ2) is 8.68. The van der Waals surface area contributed by atoms with Gasteiger partial charge in [-0.2, -0.15) is 0 Å². The van der Waals surface area contributed by atoms with Crippen molar-refractivity contribution in [1.82, 2.24) is 14.9 Å². The Hall–Kier alpha value is -2.83. The third-order valence-electron chi connectivity index (χ3n) is 4.94. The molecule has 0 aliphatic rings. The number of nitrogens with one attached hydrogen (secondary N) is 2. The first-order valence-electron chi connectivity index (χ1n) is 9.70. The molecule has 4 rings (SSSR count). The molecule has 0 atom stereocenters. The smallest absolute Gasteiger partial charge is 0.123 e. The van der Waals surface area contributed by atoms with E-state index in [1.807, 2.05) is 24.3 Å². The summed E-state index contributed by atoms with van der Waals surface area (Å²) in [5.41, 5.74) is 5.76. The molecule has 0 spiro atoms. The van der Waals surface area contributed by atoms with Crippen LogP contribution in [-0.2, 0) is 13.0 Å². The van der Waals surface area contributed by atoms with Crippen LogP contribution in [0.3, 0.4) is 0 Å². The maximum atomic E-state index is 5.28. The lowest BCUT2D eigenvalue weighted by Crippen LogP contribution is -2.14. The molecule has 0 saturated carbocycles. The molecule has 0 fully saturated rings. The number of aromatic nitrogens is 2. The van der Waals surface area contributed by atoms with Gasteiger partial charge in [0, 0.05) is 46.3 Å². The second-order valence-corrected chi connectivity index (χ2v) is 8.22. The summed E-state index contributed by atoms with van der Waals surface area (Å²) in [6, 6.07) is 14.5. The van der Waals surface area contributed by atoms with Crippen molar-refractivity contribution >= 4 is 27.9 Å². The second-order valence-electron chi connectivity index (χ2n) is 7.36. The summed E-state index contributed by atoms with van der Waals surface area (Å²) in [5, 5.41) is 7.88. The highest BCUT2D eigenvalue weighted by molar-refractivity contribution is 7.13. The van der Waals surface area contributed by atoms with Gasteiger partial charge in [0.15, 0.2) is 0 Å². The van der Waals surface area contributed by atoms with Crippen LogP contribution in [0.1, 0.15) is 11.3 Å². The van der Waals surface area contributed by atoms with E-state index >= 15 is 0 Å². The molecule has 0 bridgehead atoms. The van der Waals surface area contributed by atoms with E-state index in [1.54, 1.807) is 18.4 Å². The Morgan fingerprint density at radius 2 is 2.07 bits per heavy atom. The topological polar surface area (TPSA) is 53.2 Å². The molecule has 2 N–H and O–H groups in total. The lowest BCUT2D eigenvalue weighted by atomic mass is 10.1. The van der Waals surface area contributed by atoms with Crippen LogP contribution in [0.5, 0.6) is 5.75 Å². The molecule has 2 aromatic heterocycles. The lowest BCUT2D eigenvalue weighted by molar-refractivity contribution is 0.414. The number of hydrogen-bond acceptors (Lipinski definition) is 5. The molecule has 2 aromatic carbocycles. The highest BCUT2D eigenvalue weighted by atomic mass is 32.1. The number of methoxy groups -OCH3 is 1. The molecule has 0 radical (unpaired) electrons. The van der Waals surface area contributed by atoms with E-state index < -0.39 is 0 Å². The summed E-state index contributed by atoms with van der Waals surface area (Å²) >= 11 is 1.69. The minimum atomic E-state index is 0.685. The SMILES string of the molecule is COc1cccc(NCc2csc(-c3ccc4[nH]cc(CCN(C)C)c4c3)n2)c1. The fourth-order valence-corrected chi connectivity index (χ4v) is 4.13. The summed E-state index contributed by atoms with van der Waals surface area (Å²) in [7, 11) is 5.90. The Kier molecular flexibility index (Phi) is 5.83. The molecule has 5 nitrogen and oxygen atoms in total. The van der Waals surface area contributed by atoms with Crippen molar-refractivity contribution in [2.24, 2.45) is 0 Å². The third-order valence-corrected chi connectivity index (χ3v) is 5.88. The maximum Gasteiger partial charge on any atom is 0.123 e. The molecule has 150 valence electrons. The molecule has 0 saturated heterocycles. The van der Waals surface area contributed by atoms with E-state index in [4.69, 9.17) is 9.72 Å². The van der Waals surface area contributed by atoms with E-state index in [1.165, 1.54) is 22.0 Å². The Balaban J connectivity index is 1.49. The number of nitrogens with zero attached hydrogens (tertiary/aromatic N) is 2. The van der Waals surface area contributed by atoms with Crippen LogP contribution in [0.4, 0.5) is 5.69 Å². The number of H-pyrrole nitrogens is 1. The summed E-state index contributed by atoms with van der Waals surface area (Å²) in [6.45, 7) is 1.72. The van der Waals surface area contributed by atoms with Crippen molar-refractivity contribution < 1.29 is 4.74 Å². The zero-order chi connectivity index (χ0) is 20.2. The highest BCUT2D eigenvalue weighted by Crippen LogP contribution is 2.29. The number of fused-ring (bicyclic) bond motifs is 1. The molecule has 2 heterocycles. The maximum absolute atomic E-state index is 5.28. The monoisotopic (exact) mass is 406 g/mol. The largest absolute Gasteiger partial charge is 0.497 e. The first-order chi connectivity index (χ1) is 14.1. The summed E-state index contributed by atoms with van der Waals surface area (Å²) in [6.07, 6.45) is 3.16. The van der Waals surface area contributed by atoms with Crippen LogP contribution >= 0.6 is 11.3 Å². The number of benzene rings is 2. The van der Waals surface area contributed by atoms with Crippen molar-refractivity contribution in [3.63, 3.8) is 0 Å². The van der Waals surface area contributed by atoms with Gasteiger partial charge in [0.1, 0.15) is 10.8 Å². The van der Waals surface area contributed by atoms with Crippen LogP contribution in [-0.4, -0.2) is 42.6 Å². The lowest BCUT2D eigenvalue weighted by Gasteiger charge is -2.08. The molecule has 0 aliphatic carbocycles. The van der Waals surface area contributed by atoms with Crippen molar-refractivity contribution in [1.29, 1.82) is 0 Å². The van der Waals surface area contributed by atoms with Gasteiger partial charge in [-0.1, -0.05) is 6.07 Å². The van der Waals surface area contributed by atoms with Gasteiger partial charge in [-0.15, -0.1) is 11.3 Å². The van der Waals surface area contributed by atoms with Crippen LogP contribution in [0, 0.1) is 0 Å². The van der Waals surface area contributed by atoms with Gasteiger partial charge in [0.2, 0.25) is 0 Å². The molecule has 0 aliphatic heterocycles. The van der Waals surface area contributed by atoms with Crippen LogP contribution in [0.2, 0.25) is 0 Å². The molecule has 29 heavy (non-hydrogen) atoms. The molecule has 0 amide bonds. The number of likely N-dealkylation sites (N-methyl/N-ethyl adjacent to an activating group) is 1. The minimum absolute atomic E-state index is 0.685. The quantitative estimate of drug-likeness (QED) is 0.432. The highest BCUT2D eigenvalue weighted by Gasteiger charge is 2.09. The zero-order valence-corrected chi connectivity index (χ0v) is 17.8. The summed E-state index contributed by atoms with van der Waals surface area (Å²) in [4.78, 5) is 10.4. The van der Waals surface area contributed by atoms with Crippen molar-refractivity contribution in [2.45, 2.75) is 13.0 Å². The number of hydrogen-bond donors (Lipinski definition) is 2. The third kappa shape index (κ3) is 4.60. The number of thiazole rings is 1. The van der Waals surface area contributed by atoms with Crippen molar-refractivity contribution in [3.8, 4) is 16.3 Å². The average molecular weight is 407 g/mol. The summed E-state index contributed by atoms with van der Waals surface area (Å²) < 4.78 is 5.28. The van der Waals surface area contributed by atoms with Gasteiger partial charge in [-0.25, -0.2) is 4.98 Å². The fourth-order valence-electron chi connectivity index (χ4n) is 3.31. The van der Waals surface area contributed by atoms with Gasteiger partial charge in [0.25, 0.3) is 0 Å². The van der Waals surface area contributed by atoms with Gasteiger partial charge in [-0.05, 0) is 56.4 Å². The fraction of sp³-hybridized carbons (Fsp3) is 0.261. The van der Waals surface area contributed by atoms with E-state index in [0.717, 1.165) is 35.1 Å². The molecular weight excluding hydrogens is 380 g/mol. The Labute approximate surface area is 175 Å². The Morgan fingerprint density at radius 1 is 1.17 bits per heavy atom. The van der Waals surface area contributed by atoms with Gasteiger partial charge < -0.3 is 19.9 Å². The van der Waals surface area contributed by atoms with E-state index in [9.17, 15) is 0 Å². The first kappa shape index (κ1) is 19.5. The van der Waals surface area contributed by atoms with Crippen molar-refractivity contribution in [2.75, 3.05) is 33.1 Å². The molecular formula is C23H26N4OS. The van der Waals surface area contributed by atoms with Crippen molar-refractivity contribution in [3.05, 3.63) is 65.3 Å². The number of rotatable bonds is 8. The summed E-state index contributed by atoms with van der Waals surface area (Å²) in [5.74, 6) is 0.846. The minimum Gasteiger partial charge on any atom is -0.497 e. The van der Waals surface area contributed by atoms with Gasteiger partial charge in [-0.3, -0.25) is 0 Å². The predicted octanol–water partition coefficient (Wildman–Crippen LogP) is 5.02. The number of aromatic amines is 1. The standard InChI is InChI=1S/C23H26N4OS/c1-27(2)10-9-17-13-25-22-8-7-16(11-21(17)22)23-26-19(15-29-23)14-24-18-5-4-6-20(12-18)28-3/h4-8,11-13,15,24-25H,9-10,14H2,1-3H3. The zero-order valence-electron chi connectivity index (χ0n) is 17.0. The number of ether oxygens (including phenoxy) is 1. The van der Waals surface area contributed by atoms with Crippen LogP contribution in [0.25, 0.3) is 21.5 Å². The van der Waals surface area contributed by atoms with Gasteiger partial charge in [0.05, 0.1) is 19.3 Å². The van der Waals surface area contributed by atoms with Gasteiger partial charge >= 0.3 is 0 Å². The molecule has 4 aromatic rings. The predicted molar refractivity (Wildman–Crippen MR) is 122 cm³/mol. The Bertz CT molecular complexity index is 1100. The average Bonchev–Trinajstić information content (AvgIpc) is 3.37. The van der Waals surface area contributed by atoms with E-state index in [0.29, 0.717) is 6.54 Å². The molecule has 0 unspecified atom stereocenters. The number of anilines is 1. The molecule has 6 heteroatoms. The van der Waals surface area contributed by atoms with Crippen LogP contribution < -0.4 is 10.1 Å².